The fourth-order valence-electron chi connectivity index (χ4n) is 4.31. The summed E-state index contributed by atoms with van der Waals surface area (Å²) in [4.78, 5) is 15.4. The molecule has 2 heterocycles. The molecule has 0 aromatic heterocycles. The average molecular weight is 446 g/mol. The topological polar surface area (TPSA) is 69.7 Å². The molecular weight excluding hydrogens is 417 g/mol. The Hall–Kier alpha value is -2.29. The fourth-order valence-corrected chi connectivity index (χ4v) is 5.78. The Morgan fingerprint density at radius 1 is 0.968 bits per heavy atom. The summed E-state index contributed by atoms with van der Waals surface area (Å²) in [6, 6.07) is 12.7. The first-order valence-corrected chi connectivity index (χ1v) is 12.2. The number of nitrogens with one attached hydrogen (secondary N) is 1. The first-order valence-electron chi connectivity index (χ1n) is 10.8. The summed E-state index contributed by atoms with van der Waals surface area (Å²) >= 11 is 0. The van der Waals surface area contributed by atoms with Crippen molar-refractivity contribution in [3.05, 3.63) is 59.9 Å². The highest BCUT2D eigenvalue weighted by molar-refractivity contribution is 7.89. The number of likely N-dealkylation sites (tertiary alicyclic amines) is 1. The maximum absolute atomic E-state index is 13.1. The quantitative estimate of drug-likeness (QED) is 0.739. The predicted octanol–water partition coefficient (Wildman–Crippen LogP) is 3.46. The number of para-hydroxylation sites is 1. The number of sulfonamides is 1. The number of hydrogen-bond acceptors (Lipinski definition) is 4. The molecule has 0 unspecified atom stereocenters. The van der Waals surface area contributed by atoms with Crippen molar-refractivity contribution < 1.29 is 17.6 Å². The van der Waals surface area contributed by atoms with Gasteiger partial charge in [0.25, 0.3) is 0 Å². The van der Waals surface area contributed by atoms with E-state index < -0.39 is 15.8 Å². The van der Waals surface area contributed by atoms with E-state index >= 15 is 0 Å². The predicted molar refractivity (Wildman–Crippen MR) is 117 cm³/mol. The number of amides is 1. The van der Waals surface area contributed by atoms with Crippen molar-refractivity contribution >= 4 is 21.6 Å². The lowest BCUT2D eigenvalue weighted by Gasteiger charge is -2.30. The van der Waals surface area contributed by atoms with Crippen LogP contribution in [0.4, 0.5) is 10.1 Å². The van der Waals surface area contributed by atoms with Gasteiger partial charge in [0.15, 0.2) is 0 Å². The van der Waals surface area contributed by atoms with Gasteiger partial charge in [-0.3, -0.25) is 9.69 Å². The molecule has 0 saturated carbocycles. The van der Waals surface area contributed by atoms with Crippen LogP contribution >= 0.6 is 0 Å². The second-order valence-corrected chi connectivity index (χ2v) is 10.2. The smallest absolute Gasteiger partial charge is 0.243 e. The van der Waals surface area contributed by atoms with Crippen LogP contribution < -0.4 is 5.32 Å². The van der Waals surface area contributed by atoms with Gasteiger partial charge in [-0.25, -0.2) is 12.8 Å². The minimum absolute atomic E-state index is 0.0623. The number of anilines is 1. The van der Waals surface area contributed by atoms with Crippen LogP contribution in [-0.2, 0) is 21.4 Å². The SMILES string of the molecule is O=C(Nc1ccccc1CN1CCCC1)C1CCN(S(=O)(=O)c2ccc(F)cc2)CC1. The molecule has 2 aliphatic rings. The molecule has 166 valence electrons. The summed E-state index contributed by atoms with van der Waals surface area (Å²) in [6.45, 7) is 3.54. The molecule has 0 atom stereocenters. The molecule has 2 saturated heterocycles. The van der Waals surface area contributed by atoms with Crippen molar-refractivity contribution in [1.82, 2.24) is 9.21 Å². The van der Waals surface area contributed by atoms with Crippen molar-refractivity contribution in [3.63, 3.8) is 0 Å². The van der Waals surface area contributed by atoms with Gasteiger partial charge in [-0.15, -0.1) is 0 Å². The zero-order valence-electron chi connectivity index (χ0n) is 17.5. The molecule has 31 heavy (non-hydrogen) atoms. The first-order chi connectivity index (χ1) is 14.9. The van der Waals surface area contributed by atoms with Gasteiger partial charge in [0.2, 0.25) is 15.9 Å². The zero-order chi connectivity index (χ0) is 21.8. The minimum atomic E-state index is -3.68. The third-order valence-electron chi connectivity index (χ3n) is 6.14. The molecular formula is C23H28FN3O3S. The molecule has 2 aromatic carbocycles. The van der Waals surface area contributed by atoms with Crippen LogP contribution in [-0.4, -0.2) is 49.7 Å². The van der Waals surface area contributed by atoms with Crippen LogP contribution in [0.3, 0.4) is 0 Å². The summed E-state index contributed by atoms with van der Waals surface area (Å²) in [5.74, 6) is -0.772. The van der Waals surface area contributed by atoms with E-state index in [4.69, 9.17) is 0 Å². The largest absolute Gasteiger partial charge is 0.326 e. The molecule has 1 N–H and O–H groups in total. The maximum atomic E-state index is 13.1. The van der Waals surface area contributed by atoms with Crippen LogP contribution in [0.25, 0.3) is 0 Å². The minimum Gasteiger partial charge on any atom is -0.326 e. The van der Waals surface area contributed by atoms with Gasteiger partial charge in [0, 0.05) is 31.2 Å². The molecule has 2 aromatic rings. The van der Waals surface area contributed by atoms with Crippen LogP contribution in [0.5, 0.6) is 0 Å². The highest BCUT2D eigenvalue weighted by Crippen LogP contribution is 2.26. The molecule has 0 radical (unpaired) electrons. The van der Waals surface area contributed by atoms with Crippen molar-refractivity contribution in [2.24, 2.45) is 5.92 Å². The summed E-state index contributed by atoms with van der Waals surface area (Å²) in [6.07, 6.45) is 3.35. The number of hydrogen-bond donors (Lipinski definition) is 1. The molecule has 2 fully saturated rings. The number of benzene rings is 2. The maximum Gasteiger partial charge on any atom is 0.243 e. The highest BCUT2D eigenvalue weighted by atomic mass is 32.2. The van der Waals surface area contributed by atoms with Gasteiger partial charge >= 0.3 is 0 Å². The summed E-state index contributed by atoms with van der Waals surface area (Å²) in [7, 11) is -3.68. The van der Waals surface area contributed by atoms with Crippen LogP contribution in [0, 0.1) is 11.7 Å². The normalized spacial score (nSPS) is 18.9. The van der Waals surface area contributed by atoms with Crippen LogP contribution in [0.1, 0.15) is 31.2 Å². The van der Waals surface area contributed by atoms with Crippen molar-refractivity contribution in [2.45, 2.75) is 37.1 Å². The van der Waals surface area contributed by atoms with Gasteiger partial charge in [0.1, 0.15) is 5.82 Å². The number of piperidine rings is 1. The Kier molecular flexibility index (Phi) is 6.69. The number of carbonyl (C=O) groups is 1. The zero-order valence-corrected chi connectivity index (χ0v) is 18.3. The summed E-state index contributed by atoms with van der Waals surface area (Å²) in [5.41, 5.74) is 1.94. The van der Waals surface area contributed by atoms with Crippen molar-refractivity contribution in [2.75, 3.05) is 31.5 Å². The molecule has 6 nitrogen and oxygen atoms in total. The Balaban J connectivity index is 1.36. The van der Waals surface area contributed by atoms with Crippen LogP contribution in [0.15, 0.2) is 53.4 Å². The Bertz CT molecular complexity index is 1010. The van der Waals surface area contributed by atoms with Crippen molar-refractivity contribution in [3.8, 4) is 0 Å². The lowest BCUT2D eigenvalue weighted by Crippen LogP contribution is -2.41. The number of halogens is 1. The lowest BCUT2D eigenvalue weighted by molar-refractivity contribution is -0.120. The van der Waals surface area contributed by atoms with E-state index in [0.717, 1.165) is 43.0 Å². The molecule has 4 rings (SSSR count). The molecule has 0 aliphatic carbocycles. The number of carbonyl (C=O) groups excluding carboxylic acids is 1. The van der Waals surface area contributed by atoms with Crippen LogP contribution in [0.2, 0.25) is 0 Å². The third kappa shape index (κ3) is 5.14. The van der Waals surface area contributed by atoms with Crippen molar-refractivity contribution in [1.29, 1.82) is 0 Å². The van der Waals surface area contributed by atoms with E-state index in [-0.39, 0.29) is 29.8 Å². The molecule has 0 bridgehead atoms. The molecule has 1 amide bonds. The standard InChI is InChI=1S/C23H28FN3O3S/c24-20-7-9-21(10-8-20)31(29,30)27-15-11-18(12-16-27)23(28)25-22-6-2-1-5-19(22)17-26-13-3-4-14-26/h1-2,5-10,18H,3-4,11-17H2,(H,25,28). The molecule has 2 aliphatic heterocycles. The second-order valence-electron chi connectivity index (χ2n) is 8.26. The Morgan fingerprint density at radius 2 is 1.61 bits per heavy atom. The van der Waals surface area contributed by atoms with E-state index in [1.54, 1.807) is 0 Å². The first kappa shape index (κ1) is 21.9. The van der Waals surface area contributed by atoms with Gasteiger partial charge in [0.05, 0.1) is 4.90 Å². The lowest BCUT2D eigenvalue weighted by atomic mass is 9.97. The van der Waals surface area contributed by atoms with E-state index in [9.17, 15) is 17.6 Å². The van der Waals surface area contributed by atoms with E-state index in [0.29, 0.717) is 12.8 Å². The van der Waals surface area contributed by atoms with Gasteiger partial charge in [-0.05, 0) is 74.7 Å². The summed E-state index contributed by atoms with van der Waals surface area (Å²) in [5, 5.41) is 3.07. The highest BCUT2D eigenvalue weighted by Gasteiger charge is 2.32. The number of rotatable bonds is 6. The summed E-state index contributed by atoms with van der Waals surface area (Å²) < 4.78 is 40.1. The fraction of sp³-hybridized carbons (Fsp3) is 0.435. The van der Waals surface area contributed by atoms with Gasteiger partial charge < -0.3 is 5.32 Å². The third-order valence-corrected chi connectivity index (χ3v) is 8.06. The molecule has 8 heteroatoms. The monoisotopic (exact) mass is 445 g/mol. The van der Waals surface area contributed by atoms with Gasteiger partial charge in [-0.1, -0.05) is 18.2 Å². The van der Waals surface area contributed by atoms with E-state index in [2.05, 4.69) is 10.2 Å². The van der Waals surface area contributed by atoms with E-state index in [1.165, 1.54) is 29.3 Å². The van der Waals surface area contributed by atoms with Gasteiger partial charge in [-0.2, -0.15) is 4.31 Å². The second kappa shape index (κ2) is 9.46. The van der Waals surface area contributed by atoms with E-state index in [1.807, 2.05) is 24.3 Å². The Labute approximate surface area is 183 Å². The average Bonchev–Trinajstić information content (AvgIpc) is 3.29. The Morgan fingerprint density at radius 3 is 2.29 bits per heavy atom. The number of nitrogens with zero attached hydrogens (tertiary/aromatic N) is 2. The molecule has 0 spiro atoms.